The van der Waals surface area contributed by atoms with E-state index in [9.17, 15) is 4.79 Å². The number of imidazole rings is 1. The van der Waals surface area contributed by atoms with E-state index in [1.165, 1.54) is 0 Å². The van der Waals surface area contributed by atoms with Gasteiger partial charge in [0.1, 0.15) is 5.69 Å². The second kappa shape index (κ2) is 6.71. The number of hydrogen-bond acceptors (Lipinski definition) is 4. The summed E-state index contributed by atoms with van der Waals surface area (Å²) in [5, 5.41) is 0. The van der Waals surface area contributed by atoms with Crippen LogP contribution in [0.15, 0.2) is 24.8 Å². The molecule has 1 fully saturated rings. The predicted octanol–water partition coefficient (Wildman–Crippen LogP) is 2.69. The van der Waals surface area contributed by atoms with Gasteiger partial charge in [0.05, 0.1) is 5.69 Å². The number of hydrogen-bond donors (Lipinski definition) is 1. The molecule has 2 aromatic heterocycles. The molecule has 3 rings (SSSR count). The maximum absolute atomic E-state index is 12.6. The normalized spacial score (nSPS) is 18.6. The van der Waals surface area contributed by atoms with Gasteiger partial charge in [0.2, 0.25) is 5.91 Å². The van der Waals surface area contributed by atoms with Crippen molar-refractivity contribution in [1.82, 2.24) is 24.8 Å². The van der Waals surface area contributed by atoms with E-state index in [4.69, 9.17) is 0 Å². The van der Waals surface area contributed by atoms with Gasteiger partial charge >= 0.3 is 0 Å². The number of rotatable bonds is 3. The summed E-state index contributed by atoms with van der Waals surface area (Å²) in [6, 6.07) is 0. The predicted molar refractivity (Wildman–Crippen MR) is 92.1 cm³/mol. The van der Waals surface area contributed by atoms with Crippen molar-refractivity contribution in [1.29, 1.82) is 0 Å². The van der Waals surface area contributed by atoms with Crippen LogP contribution in [0.5, 0.6) is 0 Å². The van der Waals surface area contributed by atoms with Gasteiger partial charge in [-0.05, 0) is 25.2 Å². The largest absolute Gasteiger partial charge is 0.343 e. The third-order valence-corrected chi connectivity index (χ3v) is 4.43. The van der Waals surface area contributed by atoms with E-state index in [-0.39, 0.29) is 11.3 Å². The Morgan fingerprint density at radius 2 is 2.04 bits per heavy atom. The minimum absolute atomic E-state index is 0.234. The fourth-order valence-electron chi connectivity index (χ4n) is 3.27. The van der Waals surface area contributed by atoms with Gasteiger partial charge in [0, 0.05) is 43.3 Å². The van der Waals surface area contributed by atoms with Gasteiger partial charge in [-0.2, -0.15) is 0 Å². The topological polar surface area (TPSA) is 74.8 Å². The molecular formula is C18H25N5O. The van der Waals surface area contributed by atoms with E-state index in [1.807, 2.05) is 25.7 Å². The number of aromatic amines is 1. The lowest BCUT2D eigenvalue weighted by atomic mass is 9.89. The highest BCUT2D eigenvalue weighted by atomic mass is 16.2. The third-order valence-electron chi connectivity index (χ3n) is 4.43. The van der Waals surface area contributed by atoms with Crippen molar-refractivity contribution < 1.29 is 4.79 Å². The van der Waals surface area contributed by atoms with Gasteiger partial charge in [-0.3, -0.25) is 9.78 Å². The molecule has 3 heterocycles. The SMILES string of the molecule is CC(C)(C)C(=O)N1CCC[C@@H](Cc2nccnc2-c2ncc[nH]2)C1. The van der Waals surface area contributed by atoms with E-state index in [1.54, 1.807) is 24.8 Å². The van der Waals surface area contributed by atoms with Crippen molar-refractivity contribution in [3.63, 3.8) is 0 Å². The third kappa shape index (κ3) is 3.63. The van der Waals surface area contributed by atoms with Crippen molar-refractivity contribution in [2.45, 2.75) is 40.0 Å². The van der Waals surface area contributed by atoms with Crippen molar-refractivity contribution in [2.24, 2.45) is 11.3 Å². The summed E-state index contributed by atoms with van der Waals surface area (Å²) in [6.07, 6.45) is 9.90. The van der Waals surface area contributed by atoms with E-state index in [0.29, 0.717) is 5.92 Å². The standard InChI is InChI=1S/C18H25N5O/c1-18(2,3)17(24)23-10-4-5-13(12-23)11-14-15(20-7-6-19-14)16-21-8-9-22-16/h6-9,13H,4-5,10-12H2,1-3H3,(H,21,22)/t13-/m0/s1. The van der Waals surface area contributed by atoms with Crippen LogP contribution in [0.3, 0.4) is 0 Å². The number of nitrogens with zero attached hydrogens (tertiary/aromatic N) is 4. The lowest BCUT2D eigenvalue weighted by Crippen LogP contribution is -2.45. The average Bonchev–Trinajstić information content (AvgIpc) is 3.08. The van der Waals surface area contributed by atoms with Gasteiger partial charge < -0.3 is 9.88 Å². The van der Waals surface area contributed by atoms with Crippen LogP contribution in [0.2, 0.25) is 0 Å². The first-order valence-electron chi connectivity index (χ1n) is 8.54. The van der Waals surface area contributed by atoms with Crippen LogP contribution in [-0.2, 0) is 11.2 Å². The summed E-state index contributed by atoms with van der Waals surface area (Å²) < 4.78 is 0. The van der Waals surface area contributed by atoms with Crippen LogP contribution in [-0.4, -0.2) is 43.8 Å². The second-order valence-corrected chi connectivity index (χ2v) is 7.50. The minimum Gasteiger partial charge on any atom is -0.343 e. The smallest absolute Gasteiger partial charge is 0.227 e. The molecule has 0 unspecified atom stereocenters. The molecule has 6 heteroatoms. The molecule has 1 N–H and O–H groups in total. The summed E-state index contributed by atoms with van der Waals surface area (Å²) in [5.41, 5.74) is 1.43. The van der Waals surface area contributed by atoms with Crippen molar-refractivity contribution in [3.8, 4) is 11.5 Å². The summed E-state index contributed by atoms with van der Waals surface area (Å²) in [5.74, 6) is 1.39. The number of amides is 1. The van der Waals surface area contributed by atoms with Crippen molar-refractivity contribution in [3.05, 3.63) is 30.5 Å². The molecule has 6 nitrogen and oxygen atoms in total. The highest BCUT2D eigenvalue weighted by Gasteiger charge is 2.31. The van der Waals surface area contributed by atoms with Gasteiger partial charge in [0.25, 0.3) is 0 Å². The Kier molecular flexibility index (Phi) is 4.64. The Morgan fingerprint density at radius 1 is 1.25 bits per heavy atom. The molecular weight excluding hydrogens is 302 g/mol. The quantitative estimate of drug-likeness (QED) is 0.940. The molecule has 128 valence electrons. The fourth-order valence-corrected chi connectivity index (χ4v) is 3.27. The lowest BCUT2D eigenvalue weighted by Gasteiger charge is -2.36. The number of nitrogens with one attached hydrogen (secondary N) is 1. The summed E-state index contributed by atoms with van der Waals surface area (Å²) in [7, 11) is 0. The van der Waals surface area contributed by atoms with Gasteiger partial charge in [-0.1, -0.05) is 20.8 Å². The molecule has 1 atom stereocenters. The number of carbonyl (C=O) groups is 1. The number of likely N-dealkylation sites (tertiary alicyclic amines) is 1. The van der Waals surface area contributed by atoms with Crippen LogP contribution in [0.1, 0.15) is 39.3 Å². The first kappa shape index (κ1) is 16.6. The molecule has 0 aromatic carbocycles. The molecule has 1 saturated heterocycles. The molecule has 1 aliphatic heterocycles. The molecule has 0 bridgehead atoms. The second-order valence-electron chi connectivity index (χ2n) is 7.50. The number of piperidine rings is 1. The van der Waals surface area contributed by atoms with E-state index >= 15 is 0 Å². The Morgan fingerprint density at radius 3 is 2.75 bits per heavy atom. The fraction of sp³-hybridized carbons (Fsp3) is 0.556. The molecule has 0 radical (unpaired) electrons. The van der Waals surface area contributed by atoms with E-state index in [0.717, 1.165) is 49.6 Å². The molecule has 0 spiro atoms. The van der Waals surface area contributed by atoms with Crippen LogP contribution in [0, 0.1) is 11.3 Å². The Labute approximate surface area is 142 Å². The highest BCUT2D eigenvalue weighted by molar-refractivity contribution is 5.81. The van der Waals surface area contributed by atoms with Gasteiger partial charge in [-0.25, -0.2) is 9.97 Å². The van der Waals surface area contributed by atoms with Crippen molar-refractivity contribution in [2.75, 3.05) is 13.1 Å². The van der Waals surface area contributed by atoms with Crippen LogP contribution >= 0.6 is 0 Å². The first-order chi connectivity index (χ1) is 11.4. The van der Waals surface area contributed by atoms with Crippen LogP contribution in [0.25, 0.3) is 11.5 Å². The van der Waals surface area contributed by atoms with Crippen LogP contribution in [0.4, 0.5) is 0 Å². The molecule has 1 amide bonds. The average molecular weight is 327 g/mol. The number of H-pyrrole nitrogens is 1. The molecule has 24 heavy (non-hydrogen) atoms. The number of carbonyl (C=O) groups excluding carboxylic acids is 1. The number of aromatic nitrogens is 4. The molecule has 0 saturated carbocycles. The monoisotopic (exact) mass is 327 g/mol. The van der Waals surface area contributed by atoms with Crippen LogP contribution < -0.4 is 0 Å². The van der Waals surface area contributed by atoms with E-state index in [2.05, 4.69) is 19.9 Å². The zero-order valence-corrected chi connectivity index (χ0v) is 14.6. The van der Waals surface area contributed by atoms with E-state index < -0.39 is 0 Å². The van der Waals surface area contributed by atoms with Crippen molar-refractivity contribution >= 4 is 5.91 Å². The van der Waals surface area contributed by atoms with Gasteiger partial charge in [-0.15, -0.1) is 0 Å². The maximum Gasteiger partial charge on any atom is 0.227 e. The summed E-state index contributed by atoms with van der Waals surface area (Å²) in [4.78, 5) is 30.9. The maximum atomic E-state index is 12.6. The Bertz CT molecular complexity index is 690. The minimum atomic E-state index is -0.326. The highest BCUT2D eigenvalue weighted by Crippen LogP contribution is 2.27. The molecule has 2 aromatic rings. The summed E-state index contributed by atoms with van der Waals surface area (Å²) in [6.45, 7) is 7.60. The van der Waals surface area contributed by atoms with Gasteiger partial charge in [0.15, 0.2) is 5.82 Å². The Hall–Kier alpha value is -2.24. The molecule has 1 aliphatic rings. The zero-order valence-electron chi connectivity index (χ0n) is 14.6. The first-order valence-corrected chi connectivity index (χ1v) is 8.54. The molecule has 0 aliphatic carbocycles. The summed E-state index contributed by atoms with van der Waals surface area (Å²) >= 11 is 0. The zero-order chi connectivity index (χ0) is 17.2. The Balaban J connectivity index is 1.74. The lowest BCUT2D eigenvalue weighted by molar-refractivity contribution is -0.141.